The molecule has 166 valence electrons. The standard InChI is InChI=1S/C29H50/c1-12-15(4)21(13-2)25-24-20(9)28-18(7)19(8)29(28)22(14-3)23(24)16(5)17(6)26(29,10)27(25,28)11/h15-25H,12-14H2,1-11H3. The Hall–Kier alpha value is 0. The zero-order chi connectivity index (χ0) is 21.5. The third-order valence-electron chi connectivity index (χ3n) is 14.6. The number of fused-ring (bicyclic) bond motifs is 4. The third kappa shape index (κ3) is 1.46. The van der Waals surface area contributed by atoms with E-state index in [-0.39, 0.29) is 0 Å². The average molecular weight is 399 g/mol. The van der Waals surface area contributed by atoms with Crippen LogP contribution in [0.5, 0.6) is 0 Å². The van der Waals surface area contributed by atoms with Gasteiger partial charge in [-0.25, -0.2) is 0 Å². The van der Waals surface area contributed by atoms with Gasteiger partial charge in [0.15, 0.2) is 0 Å². The van der Waals surface area contributed by atoms with Crippen molar-refractivity contribution in [1.82, 2.24) is 0 Å². The Kier molecular flexibility index (Phi) is 4.08. The number of hydrogen-bond acceptors (Lipinski definition) is 0. The minimum absolute atomic E-state index is 0.535. The van der Waals surface area contributed by atoms with E-state index in [1.807, 2.05) is 0 Å². The quantitative estimate of drug-likeness (QED) is 0.438. The Balaban J connectivity index is 1.82. The van der Waals surface area contributed by atoms with Crippen LogP contribution in [0.25, 0.3) is 0 Å². The van der Waals surface area contributed by atoms with Crippen LogP contribution in [0.1, 0.15) is 95.4 Å². The predicted octanol–water partition coefficient (Wildman–Crippen LogP) is 8.17. The molecule has 5 aliphatic carbocycles. The fourth-order valence-corrected chi connectivity index (χ4v) is 14.2. The van der Waals surface area contributed by atoms with Crippen LogP contribution in [0, 0.1) is 86.8 Å². The van der Waals surface area contributed by atoms with Gasteiger partial charge in [-0.05, 0) is 86.8 Å². The van der Waals surface area contributed by atoms with Crippen LogP contribution < -0.4 is 0 Å². The highest BCUT2D eigenvalue weighted by Crippen LogP contribution is 3.05. The maximum absolute atomic E-state index is 2.86. The Bertz CT molecular complexity index is 709. The lowest BCUT2D eigenvalue weighted by atomic mass is 9.06. The Morgan fingerprint density at radius 2 is 1.28 bits per heavy atom. The molecule has 0 nitrogen and oxygen atoms in total. The summed E-state index contributed by atoms with van der Waals surface area (Å²) in [5, 5.41) is 0. The van der Waals surface area contributed by atoms with E-state index in [0.717, 1.165) is 65.1 Å². The summed E-state index contributed by atoms with van der Waals surface area (Å²) in [5.74, 6) is 10.3. The van der Waals surface area contributed by atoms with Gasteiger partial charge in [0.2, 0.25) is 0 Å². The molecule has 0 aromatic heterocycles. The lowest BCUT2D eigenvalue weighted by Crippen LogP contribution is -2.94. The van der Waals surface area contributed by atoms with Gasteiger partial charge in [-0.1, -0.05) is 95.4 Å². The Labute approximate surface area is 182 Å². The zero-order valence-electron chi connectivity index (χ0n) is 21.5. The van der Waals surface area contributed by atoms with Crippen LogP contribution >= 0.6 is 0 Å². The predicted molar refractivity (Wildman–Crippen MR) is 124 cm³/mol. The smallest absolute Gasteiger partial charge is 0.0109 e. The molecule has 5 rings (SSSR count). The van der Waals surface area contributed by atoms with E-state index in [1.165, 1.54) is 19.3 Å². The van der Waals surface area contributed by atoms with E-state index in [9.17, 15) is 0 Å². The van der Waals surface area contributed by atoms with Gasteiger partial charge in [0.25, 0.3) is 0 Å². The molecule has 0 radical (unpaired) electrons. The van der Waals surface area contributed by atoms with Crippen molar-refractivity contribution in [3.63, 3.8) is 0 Å². The second-order valence-electron chi connectivity index (χ2n) is 13.3. The first-order valence-corrected chi connectivity index (χ1v) is 13.5. The lowest BCUT2D eigenvalue weighted by molar-refractivity contribution is -0.510. The summed E-state index contributed by atoms with van der Waals surface area (Å²) in [6.45, 7) is 29.3. The van der Waals surface area contributed by atoms with Gasteiger partial charge < -0.3 is 0 Å². The van der Waals surface area contributed by atoms with Gasteiger partial charge in [0, 0.05) is 0 Å². The van der Waals surface area contributed by atoms with Gasteiger partial charge in [0.05, 0.1) is 0 Å². The lowest BCUT2D eigenvalue weighted by Gasteiger charge is -2.97. The minimum Gasteiger partial charge on any atom is -0.0651 e. The van der Waals surface area contributed by atoms with E-state index in [1.54, 1.807) is 0 Å². The first kappa shape index (κ1) is 20.9. The monoisotopic (exact) mass is 398 g/mol. The molecule has 4 bridgehead atoms. The molecule has 0 saturated heterocycles. The van der Waals surface area contributed by atoms with Crippen LogP contribution in [0.2, 0.25) is 0 Å². The highest BCUT2D eigenvalue weighted by atomic mass is 15.1. The summed E-state index contributed by atoms with van der Waals surface area (Å²) in [4.78, 5) is 0. The van der Waals surface area contributed by atoms with Crippen molar-refractivity contribution in [2.45, 2.75) is 95.4 Å². The van der Waals surface area contributed by atoms with Gasteiger partial charge in [-0.2, -0.15) is 0 Å². The molecule has 0 aromatic carbocycles. The highest BCUT2D eigenvalue weighted by molar-refractivity contribution is 5.48. The summed E-state index contributed by atoms with van der Waals surface area (Å²) >= 11 is 0. The molecule has 0 heteroatoms. The van der Waals surface area contributed by atoms with Gasteiger partial charge in [-0.3, -0.25) is 0 Å². The van der Waals surface area contributed by atoms with Crippen molar-refractivity contribution < 1.29 is 0 Å². The first-order chi connectivity index (χ1) is 13.5. The van der Waals surface area contributed by atoms with Crippen molar-refractivity contribution >= 4 is 0 Å². The van der Waals surface area contributed by atoms with Crippen molar-refractivity contribution in [1.29, 1.82) is 0 Å². The van der Waals surface area contributed by atoms with Gasteiger partial charge in [0.1, 0.15) is 0 Å². The van der Waals surface area contributed by atoms with Crippen LogP contribution in [-0.4, -0.2) is 0 Å². The molecule has 5 saturated carbocycles. The summed E-state index contributed by atoms with van der Waals surface area (Å²) in [6, 6.07) is 0. The normalized spacial score (nSPS) is 66.1. The second-order valence-corrected chi connectivity index (χ2v) is 13.3. The largest absolute Gasteiger partial charge is 0.0651 e. The summed E-state index contributed by atoms with van der Waals surface area (Å²) < 4.78 is 0. The minimum atomic E-state index is 0.535. The molecular weight excluding hydrogens is 348 g/mol. The van der Waals surface area contributed by atoms with Crippen LogP contribution in [0.15, 0.2) is 0 Å². The molecule has 0 heterocycles. The van der Waals surface area contributed by atoms with E-state index < -0.39 is 0 Å². The summed E-state index contributed by atoms with van der Waals surface area (Å²) in [6.07, 6.45) is 4.19. The number of rotatable bonds is 5. The van der Waals surface area contributed by atoms with E-state index in [2.05, 4.69) is 76.2 Å². The van der Waals surface area contributed by atoms with Gasteiger partial charge in [-0.15, -0.1) is 0 Å². The Morgan fingerprint density at radius 1 is 0.690 bits per heavy atom. The van der Waals surface area contributed by atoms with Crippen molar-refractivity contribution in [3.8, 4) is 0 Å². The highest BCUT2D eigenvalue weighted by Gasteiger charge is 3.02. The SMILES string of the molecule is CCC(C)C(CC)C1C2C3C(C)C(C)C4(C)C1(C)C1(C2C)C(C)C(C)C41C3CC. The molecule has 0 aromatic rings. The molecule has 0 N–H and O–H groups in total. The second kappa shape index (κ2) is 5.67. The van der Waals surface area contributed by atoms with Crippen molar-refractivity contribution in [2.75, 3.05) is 0 Å². The topological polar surface area (TPSA) is 0 Å². The molecule has 29 heavy (non-hydrogen) atoms. The Morgan fingerprint density at radius 3 is 1.79 bits per heavy atom. The molecule has 5 fully saturated rings. The number of hydrogen-bond donors (Lipinski definition) is 0. The van der Waals surface area contributed by atoms with E-state index >= 15 is 0 Å². The molecule has 5 aliphatic rings. The third-order valence-corrected chi connectivity index (χ3v) is 14.6. The molecule has 15 unspecified atom stereocenters. The maximum atomic E-state index is 2.86. The molecule has 2 spiro atoms. The maximum Gasteiger partial charge on any atom is -0.0109 e. The molecule has 0 amide bonds. The fourth-order valence-electron chi connectivity index (χ4n) is 14.2. The van der Waals surface area contributed by atoms with E-state index in [4.69, 9.17) is 0 Å². The summed E-state index contributed by atoms with van der Waals surface area (Å²) in [7, 11) is 0. The molecular formula is C29H50. The van der Waals surface area contributed by atoms with Crippen molar-refractivity contribution in [2.24, 2.45) is 86.8 Å². The van der Waals surface area contributed by atoms with Gasteiger partial charge >= 0.3 is 0 Å². The fraction of sp³-hybridized carbons (Fsp3) is 1.00. The molecule has 0 aliphatic heterocycles. The summed E-state index contributed by atoms with van der Waals surface area (Å²) in [5.41, 5.74) is 2.36. The van der Waals surface area contributed by atoms with Crippen LogP contribution in [0.4, 0.5) is 0 Å². The van der Waals surface area contributed by atoms with Crippen LogP contribution in [0.3, 0.4) is 0 Å². The average Bonchev–Trinajstić information content (AvgIpc) is 2.80. The molecule has 15 atom stereocenters. The van der Waals surface area contributed by atoms with E-state index in [0.29, 0.717) is 21.7 Å². The van der Waals surface area contributed by atoms with Crippen LogP contribution in [-0.2, 0) is 0 Å². The first-order valence-electron chi connectivity index (χ1n) is 13.5. The zero-order valence-corrected chi connectivity index (χ0v) is 21.5. The van der Waals surface area contributed by atoms with Crippen molar-refractivity contribution in [3.05, 3.63) is 0 Å².